The number of ether oxygens (including phenoxy) is 4. The van der Waals surface area contributed by atoms with Crippen molar-refractivity contribution in [2.24, 2.45) is 0 Å². The summed E-state index contributed by atoms with van der Waals surface area (Å²) < 4.78 is 23.1. The van der Waals surface area contributed by atoms with Crippen LogP contribution >= 0.6 is 0 Å². The van der Waals surface area contributed by atoms with E-state index >= 15 is 0 Å². The molecule has 4 heteroatoms. The first-order chi connectivity index (χ1) is 9.87. The molecule has 0 saturated carbocycles. The smallest absolute Gasteiger partial charge is 0.155 e. The van der Waals surface area contributed by atoms with Crippen LogP contribution in [0.2, 0.25) is 0 Å². The maximum Gasteiger partial charge on any atom is 0.155 e. The van der Waals surface area contributed by atoms with Gasteiger partial charge < -0.3 is 18.9 Å². The van der Waals surface area contributed by atoms with Gasteiger partial charge in [0.25, 0.3) is 0 Å². The van der Waals surface area contributed by atoms with Gasteiger partial charge in [-0.25, -0.2) is 0 Å². The van der Waals surface area contributed by atoms with Crippen LogP contribution in [0.5, 0.6) is 0 Å². The van der Waals surface area contributed by atoms with E-state index < -0.39 is 0 Å². The van der Waals surface area contributed by atoms with Crippen LogP contribution in [0.1, 0.15) is 75.2 Å². The molecule has 0 aromatic heterocycles. The first-order valence-corrected chi connectivity index (χ1v) is 8.44. The zero-order chi connectivity index (χ0) is 17.4. The standard InChI is InChI=1S/C18H38O4/c1-10-17(6,7)21-14-13-19-15(2)22-18(8,9)11-12-20-16(3,4)5/h15H,10-14H2,1-9H3. The quantitative estimate of drug-likeness (QED) is 0.413. The first kappa shape index (κ1) is 21.8. The average Bonchev–Trinajstić information content (AvgIpc) is 2.32. The Balaban J connectivity index is 3.91. The van der Waals surface area contributed by atoms with E-state index in [0.29, 0.717) is 19.8 Å². The summed E-state index contributed by atoms with van der Waals surface area (Å²) in [4.78, 5) is 0. The van der Waals surface area contributed by atoms with Crippen molar-refractivity contribution in [2.75, 3.05) is 19.8 Å². The largest absolute Gasteiger partial charge is 0.376 e. The van der Waals surface area contributed by atoms with E-state index in [4.69, 9.17) is 18.9 Å². The highest BCUT2D eigenvalue weighted by Crippen LogP contribution is 2.19. The van der Waals surface area contributed by atoms with E-state index in [1.807, 2.05) is 6.92 Å². The lowest BCUT2D eigenvalue weighted by atomic mass is 10.1. The Labute approximate surface area is 137 Å². The van der Waals surface area contributed by atoms with Gasteiger partial charge >= 0.3 is 0 Å². The predicted molar refractivity (Wildman–Crippen MR) is 91.2 cm³/mol. The fraction of sp³-hybridized carbons (Fsp3) is 1.00. The van der Waals surface area contributed by atoms with Crippen molar-refractivity contribution in [2.45, 2.75) is 98.2 Å². The summed E-state index contributed by atoms with van der Waals surface area (Å²) in [5.74, 6) is 0. The molecule has 1 unspecified atom stereocenters. The molecule has 0 N–H and O–H groups in total. The monoisotopic (exact) mass is 318 g/mol. The Morgan fingerprint density at radius 2 is 1.36 bits per heavy atom. The molecule has 0 aromatic rings. The van der Waals surface area contributed by atoms with Gasteiger partial charge in [-0.3, -0.25) is 0 Å². The molecule has 4 nitrogen and oxygen atoms in total. The first-order valence-electron chi connectivity index (χ1n) is 8.44. The molecule has 22 heavy (non-hydrogen) atoms. The minimum absolute atomic E-state index is 0.0863. The van der Waals surface area contributed by atoms with Gasteiger partial charge in [0, 0.05) is 6.61 Å². The summed E-state index contributed by atoms with van der Waals surface area (Å²) in [7, 11) is 0. The third kappa shape index (κ3) is 12.4. The summed E-state index contributed by atoms with van der Waals surface area (Å²) in [6.45, 7) is 20.3. The summed E-state index contributed by atoms with van der Waals surface area (Å²) in [6.07, 6.45) is 1.56. The minimum atomic E-state index is -0.270. The van der Waals surface area contributed by atoms with E-state index in [1.54, 1.807) is 0 Å². The highest BCUT2D eigenvalue weighted by atomic mass is 16.7. The van der Waals surface area contributed by atoms with E-state index in [2.05, 4.69) is 55.4 Å². The Kier molecular flexibility index (Phi) is 9.15. The fourth-order valence-electron chi connectivity index (χ4n) is 1.78. The molecule has 0 bridgehead atoms. The zero-order valence-electron chi connectivity index (χ0n) is 16.2. The van der Waals surface area contributed by atoms with Crippen LogP contribution in [-0.4, -0.2) is 42.9 Å². The molecular weight excluding hydrogens is 280 g/mol. The van der Waals surface area contributed by atoms with Gasteiger partial charge in [-0.05, 0) is 68.2 Å². The van der Waals surface area contributed by atoms with E-state index in [9.17, 15) is 0 Å². The second-order valence-electron chi connectivity index (χ2n) is 7.99. The molecular formula is C18H38O4. The van der Waals surface area contributed by atoms with Gasteiger partial charge in [0.2, 0.25) is 0 Å². The lowest BCUT2D eigenvalue weighted by molar-refractivity contribution is -0.205. The second-order valence-corrected chi connectivity index (χ2v) is 7.99. The summed E-state index contributed by atoms with van der Waals surface area (Å²) in [5, 5.41) is 0. The molecule has 0 aliphatic carbocycles. The van der Waals surface area contributed by atoms with Gasteiger partial charge in [-0.15, -0.1) is 0 Å². The third-order valence-electron chi connectivity index (χ3n) is 3.50. The Morgan fingerprint density at radius 3 is 1.86 bits per heavy atom. The maximum absolute atomic E-state index is 5.95. The molecule has 0 aromatic carbocycles. The van der Waals surface area contributed by atoms with Crippen LogP contribution in [0.4, 0.5) is 0 Å². The molecule has 0 spiro atoms. The molecule has 0 fully saturated rings. The summed E-state index contributed by atoms with van der Waals surface area (Å²) in [6, 6.07) is 0. The number of rotatable bonds is 11. The lowest BCUT2D eigenvalue weighted by Gasteiger charge is -2.31. The number of hydrogen-bond donors (Lipinski definition) is 0. The van der Waals surface area contributed by atoms with Crippen LogP contribution in [0.25, 0.3) is 0 Å². The van der Waals surface area contributed by atoms with Crippen molar-refractivity contribution >= 4 is 0 Å². The van der Waals surface area contributed by atoms with Crippen molar-refractivity contribution in [3.63, 3.8) is 0 Å². The molecule has 0 amide bonds. The Hall–Kier alpha value is -0.160. The lowest BCUT2D eigenvalue weighted by Crippen LogP contribution is -2.34. The molecule has 0 saturated heterocycles. The normalized spacial score (nSPS) is 15.1. The van der Waals surface area contributed by atoms with Crippen LogP contribution < -0.4 is 0 Å². The molecule has 0 heterocycles. The van der Waals surface area contributed by atoms with Crippen molar-refractivity contribution in [1.82, 2.24) is 0 Å². The van der Waals surface area contributed by atoms with Crippen LogP contribution in [0.3, 0.4) is 0 Å². The second kappa shape index (κ2) is 9.21. The SMILES string of the molecule is CCC(C)(C)OCCOC(C)OC(C)(C)CCOC(C)(C)C. The molecule has 0 rings (SSSR count). The van der Waals surface area contributed by atoms with Gasteiger partial charge in [0.05, 0.1) is 30.0 Å². The topological polar surface area (TPSA) is 36.9 Å². The van der Waals surface area contributed by atoms with Crippen LogP contribution in [0, 0.1) is 0 Å². The molecule has 134 valence electrons. The van der Waals surface area contributed by atoms with Gasteiger partial charge in [-0.1, -0.05) is 6.92 Å². The molecule has 0 radical (unpaired) electrons. The summed E-state index contributed by atoms with van der Waals surface area (Å²) >= 11 is 0. The predicted octanol–water partition coefficient (Wildman–Crippen LogP) is 4.55. The average molecular weight is 318 g/mol. The highest BCUT2D eigenvalue weighted by molar-refractivity contribution is 4.70. The van der Waals surface area contributed by atoms with Crippen molar-refractivity contribution in [3.05, 3.63) is 0 Å². The molecule has 0 aliphatic rings. The minimum Gasteiger partial charge on any atom is -0.376 e. The van der Waals surface area contributed by atoms with E-state index in [1.165, 1.54) is 0 Å². The van der Waals surface area contributed by atoms with Crippen molar-refractivity contribution < 1.29 is 18.9 Å². The Bertz CT molecular complexity index is 292. The third-order valence-corrected chi connectivity index (χ3v) is 3.50. The highest BCUT2D eigenvalue weighted by Gasteiger charge is 2.23. The Morgan fingerprint density at radius 1 is 0.773 bits per heavy atom. The van der Waals surface area contributed by atoms with Crippen molar-refractivity contribution in [3.8, 4) is 0 Å². The van der Waals surface area contributed by atoms with Gasteiger partial charge in [-0.2, -0.15) is 0 Å². The van der Waals surface area contributed by atoms with Crippen LogP contribution in [-0.2, 0) is 18.9 Å². The van der Waals surface area contributed by atoms with E-state index in [0.717, 1.165) is 12.8 Å². The molecule has 1 atom stereocenters. The summed E-state index contributed by atoms with van der Waals surface area (Å²) in [5.41, 5.74) is -0.465. The number of hydrogen-bond acceptors (Lipinski definition) is 4. The molecule has 0 aliphatic heterocycles. The fourth-order valence-corrected chi connectivity index (χ4v) is 1.78. The van der Waals surface area contributed by atoms with Crippen molar-refractivity contribution in [1.29, 1.82) is 0 Å². The maximum atomic E-state index is 5.95. The van der Waals surface area contributed by atoms with Gasteiger partial charge in [0.1, 0.15) is 0 Å². The van der Waals surface area contributed by atoms with Gasteiger partial charge in [0.15, 0.2) is 6.29 Å². The van der Waals surface area contributed by atoms with Crippen LogP contribution in [0.15, 0.2) is 0 Å². The zero-order valence-corrected chi connectivity index (χ0v) is 16.2. The van der Waals surface area contributed by atoms with E-state index in [-0.39, 0.29) is 23.1 Å².